The van der Waals surface area contributed by atoms with Crippen LogP contribution in [0.1, 0.15) is 0 Å². The molecule has 0 unspecified atom stereocenters. The van der Waals surface area contributed by atoms with E-state index in [1.54, 1.807) is 0 Å². The summed E-state index contributed by atoms with van der Waals surface area (Å²) < 4.78 is 263. The van der Waals surface area contributed by atoms with Crippen molar-refractivity contribution in [2.45, 2.75) is 54.5 Å². The maximum Gasteiger partial charge on any atom is 0.462 e. The first-order chi connectivity index (χ1) is 13.3. The van der Waals surface area contributed by atoms with E-state index in [9.17, 15) is 92.2 Å². The van der Waals surface area contributed by atoms with Gasteiger partial charge >= 0.3 is 54.5 Å². The van der Waals surface area contributed by atoms with Crippen LogP contribution in [0.3, 0.4) is 0 Å². The molecule has 23 heteroatoms. The molecule has 0 rings (SSSR count). The molecular formula is C9F21NO. The van der Waals surface area contributed by atoms with Crippen molar-refractivity contribution in [2.24, 2.45) is 0 Å². The van der Waals surface area contributed by atoms with Gasteiger partial charge < -0.3 is 0 Å². The van der Waals surface area contributed by atoms with E-state index in [0.717, 1.165) is 4.84 Å². The molecule has 0 aromatic carbocycles. The third-order valence-corrected chi connectivity index (χ3v) is 2.91. The van der Waals surface area contributed by atoms with Crippen molar-refractivity contribution in [2.75, 3.05) is 0 Å². The van der Waals surface area contributed by atoms with E-state index >= 15 is 0 Å². The van der Waals surface area contributed by atoms with Crippen LogP contribution >= 0.6 is 0 Å². The van der Waals surface area contributed by atoms with Gasteiger partial charge in [-0.1, -0.05) is 0 Å². The normalized spacial score (nSPS) is 16.7. The Morgan fingerprint density at radius 1 is 0.344 bits per heavy atom. The summed E-state index contributed by atoms with van der Waals surface area (Å²) in [6, 6.07) is -17.2. The predicted octanol–water partition coefficient (Wildman–Crippen LogP) is 6.59. The first-order valence-corrected chi connectivity index (χ1v) is 6.30. The first kappa shape index (κ1) is 30.4. The van der Waals surface area contributed by atoms with Gasteiger partial charge in [-0.2, -0.15) is 92.2 Å². The lowest BCUT2D eigenvalue weighted by atomic mass is 10.2. The average molecular weight is 537 g/mol. The van der Waals surface area contributed by atoms with Crippen molar-refractivity contribution in [3.05, 3.63) is 0 Å². The molecule has 0 aliphatic carbocycles. The molecule has 0 aromatic rings. The molecule has 0 amide bonds. The topological polar surface area (TPSA) is 12.5 Å². The summed E-state index contributed by atoms with van der Waals surface area (Å²) in [7, 11) is 0. The molecule has 0 spiro atoms. The highest BCUT2D eigenvalue weighted by molar-refractivity contribution is 4.98. The summed E-state index contributed by atoms with van der Waals surface area (Å²) in [6.45, 7) is 0. The molecule has 0 saturated heterocycles. The van der Waals surface area contributed by atoms with Crippen LogP contribution in [-0.2, 0) is 4.84 Å². The number of halogens is 21. The fourth-order valence-electron chi connectivity index (χ4n) is 1.22. The second-order valence-electron chi connectivity index (χ2n) is 5.20. The van der Waals surface area contributed by atoms with Gasteiger partial charge in [-0.25, -0.2) is 4.84 Å². The van der Waals surface area contributed by atoms with E-state index in [1.807, 2.05) is 0 Å². The van der Waals surface area contributed by atoms with Crippen molar-refractivity contribution in [1.82, 2.24) is 5.06 Å². The van der Waals surface area contributed by atoms with Crippen LogP contribution in [0.4, 0.5) is 92.2 Å². The van der Waals surface area contributed by atoms with Crippen LogP contribution in [0, 0.1) is 0 Å². The van der Waals surface area contributed by atoms with Crippen LogP contribution < -0.4 is 0 Å². The Labute approximate surface area is 158 Å². The van der Waals surface area contributed by atoms with Gasteiger partial charge in [0.1, 0.15) is 0 Å². The van der Waals surface area contributed by atoms with Crippen LogP contribution in [0.15, 0.2) is 0 Å². The van der Waals surface area contributed by atoms with Crippen molar-refractivity contribution < 1.29 is 97.0 Å². The zero-order valence-corrected chi connectivity index (χ0v) is 13.3. The van der Waals surface area contributed by atoms with Crippen LogP contribution in [0.25, 0.3) is 0 Å². The lowest BCUT2D eigenvalue weighted by Crippen LogP contribution is -2.73. The average Bonchev–Trinajstić information content (AvgIpc) is 2.48. The van der Waals surface area contributed by atoms with Gasteiger partial charge in [0, 0.05) is 0 Å². The van der Waals surface area contributed by atoms with Crippen LogP contribution in [-0.4, -0.2) is 59.6 Å². The Hall–Kier alpha value is -1.55. The lowest BCUT2D eigenvalue weighted by Gasteiger charge is -2.43. The molecule has 0 N–H and O–H groups in total. The molecule has 0 aliphatic heterocycles. The highest BCUT2D eigenvalue weighted by Crippen LogP contribution is 2.58. The summed E-state index contributed by atoms with van der Waals surface area (Å²) in [5, 5.41) is -4.92. The lowest BCUT2D eigenvalue weighted by molar-refractivity contribution is -0.577. The summed E-state index contributed by atoms with van der Waals surface area (Å²) in [6.07, 6.45) is -32.0. The maximum atomic E-state index is 13.3. The Morgan fingerprint density at radius 3 is 0.750 bits per heavy atom. The Balaban J connectivity index is 7.13. The van der Waals surface area contributed by atoms with Crippen molar-refractivity contribution in [3.8, 4) is 0 Å². The standard InChI is InChI=1S/C9F21NO/c10-1(11,4(16,17)18)7(25,26)31(8(27,28)2(12,13)5(19,20)21)32-9(29,30)3(14,15)6(22,23)24. The van der Waals surface area contributed by atoms with Gasteiger partial charge in [-0.05, 0) is 5.06 Å². The minimum absolute atomic E-state index is 1.09. The third kappa shape index (κ3) is 4.44. The van der Waals surface area contributed by atoms with Gasteiger partial charge in [0.2, 0.25) is 0 Å². The summed E-state index contributed by atoms with van der Waals surface area (Å²) >= 11 is 0. The quantitative estimate of drug-likeness (QED) is 0.207. The SMILES string of the molecule is FC(F)(F)C(F)(F)C(F)(F)ON(C(F)(F)C(F)(F)C(F)(F)F)C(F)(F)C(F)(F)C(F)(F)F. The van der Waals surface area contributed by atoms with E-state index in [4.69, 9.17) is 0 Å². The molecule has 0 fully saturated rings. The predicted molar refractivity (Wildman–Crippen MR) is 50.8 cm³/mol. The molecule has 0 atom stereocenters. The monoisotopic (exact) mass is 537 g/mol. The minimum atomic E-state index is -8.60. The fraction of sp³-hybridized carbons (Fsp3) is 1.00. The van der Waals surface area contributed by atoms with Gasteiger partial charge in [-0.15, -0.1) is 0 Å². The van der Waals surface area contributed by atoms with Gasteiger partial charge in [-0.3, -0.25) is 0 Å². The number of hydrogen-bond acceptors (Lipinski definition) is 2. The molecule has 2 nitrogen and oxygen atoms in total. The van der Waals surface area contributed by atoms with Crippen molar-refractivity contribution in [3.63, 3.8) is 0 Å². The zero-order valence-electron chi connectivity index (χ0n) is 13.3. The molecular weight excluding hydrogens is 537 g/mol. The highest BCUT2D eigenvalue weighted by Gasteiger charge is 2.87. The van der Waals surface area contributed by atoms with Crippen LogP contribution in [0.5, 0.6) is 0 Å². The molecule has 0 aromatic heterocycles. The number of hydroxylamine groups is 2. The number of nitrogens with zero attached hydrogens (tertiary/aromatic N) is 1. The maximum absolute atomic E-state index is 13.3. The van der Waals surface area contributed by atoms with E-state index in [2.05, 4.69) is 0 Å². The highest BCUT2D eigenvalue weighted by atomic mass is 19.4. The molecule has 194 valence electrons. The van der Waals surface area contributed by atoms with Crippen molar-refractivity contribution in [1.29, 1.82) is 0 Å². The molecule has 0 bridgehead atoms. The van der Waals surface area contributed by atoms with Gasteiger partial charge in [0.05, 0.1) is 0 Å². The molecule has 32 heavy (non-hydrogen) atoms. The Bertz CT molecular complexity index is 628. The summed E-state index contributed by atoms with van der Waals surface area (Å²) in [5.74, 6) is -24.9. The van der Waals surface area contributed by atoms with Gasteiger partial charge in [0.25, 0.3) is 0 Å². The summed E-state index contributed by atoms with van der Waals surface area (Å²) in [5.41, 5.74) is 0. The van der Waals surface area contributed by atoms with E-state index in [0.29, 0.717) is 0 Å². The van der Waals surface area contributed by atoms with Gasteiger partial charge in [0.15, 0.2) is 0 Å². The van der Waals surface area contributed by atoms with E-state index < -0.39 is 59.6 Å². The Morgan fingerprint density at radius 2 is 0.562 bits per heavy atom. The molecule has 0 heterocycles. The smallest absolute Gasteiger partial charge is 0.213 e. The number of hydrogen-bond donors (Lipinski definition) is 0. The van der Waals surface area contributed by atoms with Crippen molar-refractivity contribution >= 4 is 0 Å². The number of alkyl halides is 21. The van der Waals surface area contributed by atoms with E-state index in [1.165, 1.54) is 0 Å². The fourth-order valence-corrected chi connectivity index (χ4v) is 1.22. The molecule has 0 aliphatic rings. The molecule has 0 saturated carbocycles. The number of rotatable bonds is 7. The minimum Gasteiger partial charge on any atom is -0.213 e. The third-order valence-electron chi connectivity index (χ3n) is 2.91. The largest absolute Gasteiger partial charge is 0.462 e. The van der Waals surface area contributed by atoms with Crippen LogP contribution in [0.2, 0.25) is 0 Å². The van der Waals surface area contributed by atoms with E-state index in [-0.39, 0.29) is 0 Å². The summed E-state index contributed by atoms with van der Waals surface area (Å²) in [4.78, 5) is 1.09. The molecule has 0 radical (unpaired) electrons. The second-order valence-corrected chi connectivity index (χ2v) is 5.20. The Kier molecular flexibility index (Phi) is 7.12. The first-order valence-electron chi connectivity index (χ1n) is 6.30. The second kappa shape index (κ2) is 7.48. The zero-order chi connectivity index (χ0) is 26.8.